The highest BCUT2D eigenvalue weighted by atomic mass is 79.9. The van der Waals surface area contributed by atoms with Crippen LogP contribution in [0, 0.1) is 0 Å². The van der Waals surface area contributed by atoms with Crippen LogP contribution in [0.4, 0.5) is 0 Å². The molecule has 0 bridgehead atoms. The first-order valence-electron chi connectivity index (χ1n) is 6.89. The molecule has 3 nitrogen and oxygen atoms in total. The minimum absolute atomic E-state index is 0.132. The van der Waals surface area contributed by atoms with Crippen molar-refractivity contribution < 1.29 is 4.79 Å². The summed E-state index contributed by atoms with van der Waals surface area (Å²) in [6.07, 6.45) is 1.34. The van der Waals surface area contributed by atoms with Gasteiger partial charge in [-0.25, -0.2) is 0 Å². The van der Waals surface area contributed by atoms with E-state index in [1.54, 1.807) is 0 Å². The van der Waals surface area contributed by atoms with Gasteiger partial charge < -0.3 is 10.2 Å². The summed E-state index contributed by atoms with van der Waals surface area (Å²) in [5.74, 6) is 0.132. The molecule has 1 aromatic rings. The van der Waals surface area contributed by atoms with Gasteiger partial charge in [0.1, 0.15) is 0 Å². The van der Waals surface area contributed by atoms with E-state index < -0.39 is 0 Å². The number of hydrogen-bond donors (Lipinski definition) is 1. The molecule has 0 aliphatic rings. The third-order valence-electron chi connectivity index (χ3n) is 3.17. The molecule has 0 aromatic heterocycles. The first-order valence-corrected chi connectivity index (χ1v) is 7.68. The Bertz CT molecular complexity index is 391. The van der Waals surface area contributed by atoms with Crippen molar-refractivity contribution in [3.63, 3.8) is 0 Å². The SMILES string of the molecule is CCN(CC)CCNC(=O)CCc1cccc(Br)c1. The zero-order valence-electron chi connectivity index (χ0n) is 11.8. The van der Waals surface area contributed by atoms with Crippen molar-refractivity contribution in [1.82, 2.24) is 10.2 Å². The number of likely N-dealkylation sites (N-methyl/N-ethyl adjacent to an activating group) is 1. The Balaban J connectivity index is 2.21. The lowest BCUT2D eigenvalue weighted by molar-refractivity contribution is -0.121. The summed E-state index contributed by atoms with van der Waals surface area (Å²) in [5.41, 5.74) is 1.19. The molecule has 0 saturated heterocycles. The molecule has 0 radical (unpaired) electrons. The quantitative estimate of drug-likeness (QED) is 0.796. The average molecular weight is 327 g/mol. The summed E-state index contributed by atoms with van der Waals surface area (Å²) in [6.45, 7) is 8.00. The van der Waals surface area contributed by atoms with Gasteiger partial charge in [-0.2, -0.15) is 0 Å². The number of nitrogens with one attached hydrogen (secondary N) is 1. The fourth-order valence-electron chi connectivity index (χ4n) is 1.93. The molecule has 1 amide bonds. The summed E-state index contributed by atoms with van der Waals surface area (Å²) < 4.78 is 1.06. The first-order chi connectivity index (χ1) is 9.15. The minimum atomic E-state index is 0.132. The Morgan fingerprint density at radius 2 is 2.05 bits per heavy atom. The molecule has 19 heavy (non-hydrogen) atoms. The molecule has 0 spiro atoms. The smallest absolute Gasteiger partial charge is 0.220 e. The highest BCUT2D eigenvalue weighted by molar-refractivity contribution is 9.10. The topological polar surface area (TPSA) is 32.3 Å². The van der Waals surface area contributed by atoms with Crippen molar-refractivity contribution in [3.05, 3.63) is 34.3 Å². The van der Waals surface area contributed by atoms with E-state index in [0.717, 1.165) is 37.1 Å². The summed E-state index contributed by atoms with van der Waals surface area (Å²) in [6, 6.07) is 8.10. The summed E-state index contributed by atoms with van der Waals surface area (Å²) >= 11 is 3.44. The van der Waals surface area contributed by atoms with Gasteiger partial charge in [0, 0.05) is 24.0 Å². The van der Waals surface area contributed by atoms with Crippen LogP contribution in [0.5, 0.6) is 0 Å². The maximum Gasteiger partial charge on any atom is 0.220 e. The monoisotopic (exact) mass is 326 g/mol. The van der Waals surface area contributed by atoms with Crippen LogP contribution in [0.15, 0.2) is 28.7 Å². The lowest BCUT2D eigenvalue weighted by Gasteiger charge is -2.17. The molecule has 1 aromatic carbocycles. The van der Waals surface area contributed by atoms with Gasteiger partial charge in [0.05, 0.1) is 0 Å². The third-order valence-corrected chi connectivity index (χ3v) is 3.67. The number of nitrogens with zero attached hydrogens (tertiary/aromatic N) is 1. The number of rotatable bonds is 8. The predicted molar refractivity (Wildman–Crippen MR) is 83.3 cm³/mol. The largest absolute Gasteiger partial charge is 0.355 e. The van der Waals surface area contributed by atoms with Gasteiger partial charge >= 0.3 is 0 Å². The minimum Gasteiger partial charge on any atom is -0.355 e. The molecule has 1 N–H and O–H groups in total. The van der Waals surface area contributed by atoms with Crippen LogP contribution in [0.2, 0.25) is 0 Å². The Hall–Kier alpha value is -0.870. The van der Waals surface area contributed by atoms with Gasteiger partial charge in [0.25, 0.3) is 0 Å². The van der Waals surface area contributed by atoms with Gasteiger partial charge in [-0.05, 0) is 37.2 Å². The zero-order valence-corrected chi connectivity index (χ0v) is 13.4. The Labute approximate surface area is 124 Å². The third kappa shape index (κ3) is 6.73. The molecule has 0 atom stereocenters. The highest BCUT2D eigenvalue weighted by Gasteiger charge is 2.03. The highest BCUT2D eigenvalue weighted by Crippen LogP contribution is 2.12. The Kier molecular flexibility index (Phi) is 7.75. The van der Waals surface area contributed by atoms with Crippen LogP contribution in [0.1, 0.15) is 25.8 Å². The van der Waals surface area contributed by atoms with Gasteiger partial charge in [0.15, 0.2) is 0 Å². The molecule has 1 rings (SSSR count). The summed E-state index contributed by atoms with van der Waals surface area (Å²) in [4.78, 5) is 14.0. The molecule has 0 heterocycles. The van der Waals surface area contributed by atoms with Crippen molar-refractivity contribution >= 4 is 21.8 Å². The lowest BCUT2D eigenvalue weighted by Crippen LogP contribution is -2.34. The second kappa shape index (κ2) is 9.10. The van der Waals surface area contributed by atoms with Crippen molar-refractivity contribution in [1.29, 1.82) is 0 Å². The number of hydrogen-bond acceptors (Lipinski definition) is 2. The van der Waals surface area contributed by atoms with E-state index in [1.807, 2.05) is 18.2 Å². The maximum atomic E-state index is 11.7. The molecule has 106 valence electrons. The lowest BCUT2D eigenvalue weighted by atomic mass is 10.1. The molecule has 0 unspecified atom stereocenters. The number of halogens is 1. The van der Waals surface area contributed by atoms with Crippen LogP contribution in [0.25, 0.3) is 0 Å². The van der Waals surface area contributed by atoms with E-state index in [-0.39, 0.29) is 5.91 Å². The van der Waals surface area contributed by atoms with Gasteiger partial charge in [-0.1, -0.05) is 41.9 Å². The fraction of sp³-hybridized carbons (Fsp3) is 0.533. The van der Waals surface area contributed by atoms with Crippen LogP contribution in [-0.2, 0) is 11.2 Å². The maximum absolute atomic E-state index is 11.7. The van der Waals surface area contributed by atoms with E-state index in [0.29, 0.717) is 6.42 Å². The van der Waals surface area contributed by atoms with E-state index >= 15 is 0 Å². The molecule has 0 saturated carbocycles. The van der Waals surface area contributed by atoms with E-state index in [4.69, 9.17) is 0 Å². The molecular formula is C15H23BrN2O. The number of carbonyl (C=O) groups excluding carboxylic acids is 1. The van der Waals surface area contributed by atoms with Gasteiger partial charge in [-0.15, -0.1) is 0 Å². The number of carbonyl (C=O) groups is 1. The summed E-state index contributed by atoms with van der Waals surface area (Å²) in [5, 5.41) is 2.97. The first kappa shape index (κ1) is 16.2. The van der Waals surface area contributed by atoms with E-state index in [1.165, 1.54) is 5.56 Å². The van der Waals surface area contributed by atoms with Crippen molar-refractivity contribution in [2.45, 2.75) is 26.7 Å². The molecular weight excluding hydrogens is 304 g/mol. The van der Waals surface area contributed by atoms with Crippen LogP contribution in [0.3, 0.4) is 0 Å². The van der Waals surface area contributed by atoms with Gasteiger partial charge in [0.2, 0.25) is 5.91 Å². The fourth-order valence-corrected chi connectivity index (χ4v) is 2.38. The van der Waals surface area contributed by atoms with Gasteiger partial charge in [-0.3, -0.25) is 4.79 Å². The zero-order chi connectivity index (χ0) is 14.1. The molecule has 4 heteroatoms. The molecule has 0 aliphatic carbocycles. The van der Waals surface area contributed by atoms with E-state index in [9.17, 15) is 4.79 Å². The Morgan fingerprint density at radius 1 is 1.32 bits per heavy atom. The molecule has 0 fully saturated rings. The standard InChI is InChI=1S/C15H23BrN2O/c1-3-18(4-2)11-10-17-15(19)9-8-13-6-5-7-14(16)12-13/h5-7,12H,3-4,8-11H2,1-2H3,(H,17,19). The summed E-state index contributed by atoms with van der Waals surface area (Å²) in [7, 11) is 0. The van der Waals surface area contributed by atoms with Crippen LogP contribution in [-0.4, -0.2) is 37.0 Å². The number of benzene rings is 1. The van der Waals surface area contributed by atoms with Crippen molar-refractivity contribution in [2.75, 3.05) is 26.2 Å². The second-order valence-corrected chi connectivity index (χ2v) is 5.42. The van der Waals surface area contributed by atoms with Crippen LogP contribution < -0.4 is 5.32 Å². The molecule has 0 aliphatic heterocycles. The van der Waals surface area contributed by atoms with Crippen molar-refractivity contribution in [3.8, 4) is 0 Å². The van der Waals surface area contributed by atoms with E-state index in [2.05, 4.69) is 46.1 Å². The average Bonchev–Trinajstić information content (AvgIpc) is 2.41. The number of aryl methyl sites for hydroxylation is 1. The Morgan fingerprint density at radius 3 is 2.68 bits per heavy atom. The van der Waals surface area contributed by atoms with Crippen LogP contribution >= 0.6 is 15.9 Å². The normalized spacial score (nSPS) is 10.7. The predicted octanol–water partition coefficient (Wildman–Crippen LogP) is 2.84. The second-order valence-electron chi connectivity index (χ2n) is 4.51. The number of amides is 1. The van der Waals surface area contributed by atoms with Crippen molar-refractivity contribution in [2.24, 2.45) is 0 Å².